The molecule has 0 saturated carbocycles. The van der Waals surface area contributed by atoms with E-state index in [0.29, 0.717) is 6.07 Å². The molecule has 0 aliphatic heterocycles. The Morgan fingerprint density at radius 3 is 2.22 bits per heavy atom. The van der Waals surface area contributed by atoms with Crippen LogP contribution in [0.5, 0.6) is 0 Å². The van der Waals surface area contributed by atoms with Gasteiger partial charge in [-0.05, 0) is 25.1 Å². The van der Waals surface area contributed by atoms with Crippen molar-refractivity contribution in [2.75, 3.05) is 14.1 Å². The molecule has 0 aliphatic carbocycles. The molecule has 0 heterocycles. The monoisotopic (exact) mass is 277 g/mol. The molecule has 1 aromatic carbocycles. The number of amides is 1. The summed E-state index contributed by atoms with van der Waals surface area (Å²) in [5.41, 5.74) is 0. The molecule has 4 nitrogen and oxygen atoms in total. The number of hydrogen-bond acceptors (Lipinski definition) is 3. The summed E-state index contributed by atoms with van der Waals surface area (Å²) in [6.45, 7) is 1.21. The third-order valence-electron chi connectivity index (χ3n) is 2.47. The van der Waals surface area contributed by atoms with Gasteiger partial charge in [-0.2, -0.15) is 0 Å². The van der Waals surface area contributed by atoms with Crippen LogP contribution in [0.15, 0.2) is 23.1 Å². The molecule has 0 bridgehead atoms. The first-order valence-corrected chi connectivity index (χ1v) is 6.62. The van der Waals surface area contributed by atoms with Gasteiger partial charge in [-0.3, -0.25) is 4.79 Å². The molecule has 1 unspecified atom stereocenters. The van der Waals surface area contributed by atoms with Crippen LogP contribution in [-0.4, -0.2) is 38.6 Å². The summed E-state index contributed by atoms with van der Waals surface area (Å²) in [5, 5.41) is -1.35. The largest absolute Gasteiger partial charge is 0.348 e. The lowest BCUT2D eigenvalue weighted by Crippen LogP contribution is -2.37. The number of carbonyl (C=O) groups excluding carboxylic acids is 1. The molecule has 0 N–H and O–H groups in total. The van der Waals surface area contributed by atoms with Crippen LogP contribution in [0.4, 0.5) is 8.78 Å². The minimum Gasteiger partial charge on any atom is -0.348 e. The second-order valence-corrected chi connectivity index (χ2v) is 6.26. The van der Waals surface area contributed by atoms with Crippen LogP contribution >= 0.6 is 0 Å². The van der Waals surface area contributed by atoms with Crippen LogP contribution in [0.25, 0.3) is 0 Å². The second-order valence-electron chi connectivity index (χ2n) is 4.00. The number of nitrogens with zero attached hydrogens (tertiary/aromatic N) is 1. The second kappa shape index (κ2) is 5.01. The summed E-state index contributed by atoms with van der Waals surface area (Å²) in [6, 6.07) is 2.23. The minimum atomic E-state index is -4.02. The molecular weight excluding hydrogens is 264 g/mol. The summed E-state index contributed by atoms with van der Waals surface area (Å²) < 4.78 is 49.7. The van der Waals surface area contributed by atoms with E-state index in [-0.39, 0.29) is 0 Å². The van der Waals surface area contributed by atoms with Gasteiger partial charge in [0.15, 0.2) is 21.5 Å². The van der Waals surface area contributed by atoms with Crippen LogP contribution in [-0.2, 0) is 14.6 Å². The zero-order valence-corrected chi connectivity index (χ0v) is 11.0. The normalized spacial score (nSPS) is 13.2. The van der Waals surface area contributed by atoms with Crippen molar-refractivity contribution in [1.29, 1.82) is 0 Å². The van der Waals surface area contributed by atoms with Crippen LogP contribution < -0.4 is 0 Å². The van der Waals surface area contributed by atoms with Crippen LogP contribution in [0.3, 0.4) is 0 Å². The lowest BCUT2D eigenvalue weighted by Gasteiger charge is -2.17. The Bertz CT molecular complexity index is 570. The van der Waals surface area contributed by atoms with Crippen LogP contribution in [0, 0.1) is 11.6 Å². The van der Waals surface area contributed by atoms with Gasteiger partial charge in [0.2, 0.25) is 5.91 Å². The maximum absolute atomic E-state index is 13.0. The minimum absolute atomic E-state index is 0.413. The van der Waals surface area contributed by atoms with E-state index in [2.05, 4.69) is 0 Å². The van der Waals surface area contributed by atoms with Crippen molar-refractivity contribution < 1.29 is 22.0 Å². The van der Waals surface area contributed by atoms with E-state index in [4.69, 9.17) is 0 Å². The molecule has 0 saturated heterocycles. The Kier molecular flexibility index (Phi) is 4.05. The third-order valence-corrected chi connectivity index (χ3v) is 4.52. The van der Waals surface area contributed by atoms with E-state index in [9.17, 15) is 22.0 Å². The standard InChI is InChI=1S/C11H13F2NO3S/c1-7(11(15)14(2)3)18(16,17)8-4-5-9(12)10(13)6-8/h4-7H,1-3H3. The summed E-state index contributed by atoms with van der Waals surface area (Å²) >= 11 is 0. The molecule has 1 rings (SSSR count). The van der Waals surface area contributed by atoms with E-state index >= 15 is 0 Å². The predicted molar refractivity (Wildman–Crippen MR) is 61.7 cm³/mol. The SMILES string of the molecule is CC(C(=O)N(C)C)S(=O)(=O)c1ccc(F)c(F)c1. The molecule has 18 heavy (non-hydrogen) atoms. The highest BCUT2D eigenvalue weighted by Gasteiger charge is 2.31. The molecular formula is C11H13F2NO3S. The Hall–Kier alpha value is -1.50. The van der Waals surface area contributed by atoms with Crippen molar-refractivity contribution in [3.05, 3.63) is 29.8 Å². The number of benzene rings is 1. The first-order valence-electron chi connectivity index (χ1n) is 5.08. The number of carbonyl (C=O) groups is 1. The number of halogens is 2. The highest BCUT2D eigenvalue weighted by Crippen LogP contribution is 2.19. The van der Waals surface area contributed by atoms with E-state index in [1.54, 1.807) is 0 Å². The zero-order chi connectivity index (χ0) is 14.1. The van der Waals surface area contributed by atoms with Crippen molar-refractivity contribution in [1.82, 2.24) is 4.90 Å². The molecule has 0 aromatic heterocycles. The molecule has 0 spiro atoms. The van der Waals surface area contributed by atoms with Gasteiger partial charge in [-0.15, -0.1) is 0 Å². The van der Waals surface area contributed by atoms with Gasteiger partial charge in [-0.25, -0.2) is 17.2 Å². The average Bonchev–Trinajstić information content (AvgIpc) is 2.30. The Labute approximate surface area is 104 Å². The number of rotatable bonds is 3. The smallest absolute Gasteiger partial charge is 0.240 e. The first kappa shape index (κ1) is 14.6. The van der Waals surface area contributed by atoms with Crippen molar-refractivity contribution in [2.24, 2.45) is 0 Å². The summed E-state index contributed by atoms with van der Waals surface area (Å²) in [5.74, 6) is -3.03. The van der Waals surface area contributed by atoms with Gasteiger partial charge in [0, 0.05) is 14.1 Å². The van der Waals surface area contributed by atoms with Crippen molar-refractivity contribution in [2.45, 2.75) is 17.1 Å². The Morgan fingerprint density at radius 2 is 1.78 bits per heavy atom. The van der Waals surface area contributed by atoms with Crippen LogP contribution in [0.1, 0.15) is 6.92 Å². The molecule has 0 radical (unpaired) electrons. The molecule has 7 heteroatoms. The molecule has 1 atom stereocenters. The van der Waals surface area contributed by atoms with E-state index in [0.717, 1.165) is 17.0 Å². The molecule has 1 amide bonds. The summed E-state index contributed by atoms with van der Waals surface area (Å²) in [6.07, 6.45) is 0. The fraction of sp³-hybridized carbons (Fsp3) is 0.364. The zero-order valence-electron chi connectivity index (χ0n) is 10.1. The van der Waals surface area contributed by atoms with E-state index in [1.165, 1.54) is 21.0 Å². The lowest BCUT2D eigenvalue weighted by atomic mass is 10.3. The Morgan fingerprint density at radius 1 is 1.22 bits per heavy atom. The molecule has 100 valence electrons. The highest BCUT2D eigenvalue weighted by atomic mass is 32.2. The number of sulfone groups is 1. The van der Waals surface area contributed by atoms with Gasteiger partial charge < -0.3 is 4.90 Å². The average molecular weight is 277 g/mol. The van der Waals surface area contributed by atoms with Gasteiger partial charge in [0.25, 0.3) is 0 Å². The molecule has 0 fully saturated rings. The van der Waals surface area contributed by atoms with E-state index in [1.807, 2.05) is 0 Å². The Balaban J connectivity index is 3.21. The van der Waals surface area contributed by atoms with Gasteiger partial charge >= 0.3 is 0 Å². The molecule has 0 aliphatic rings. The van der Waals surface area contributed by atoms with Crippen molar-refractivity contribution >= 4 is 15.7 Å². The summed E-state index contributed by atoms with van der Waals surface area (Å²) in [7, 11) is -1.19. The first-order chi connectivity index (χ1) is 8.17. The topological polar surface area (TPSA) is 54.5 Å². The maximum Gasteiger partial charge on any atom is 0.240 e. The fourth-order valence-corrected chi connectivity index (χ4v) is 2.76. The van der Waals surface area contributed by atoms with Crippen molar-refractivity contribution in [3.8, 4) is 0 Å². The highest BCUT2D eigenvalue weighted by molar-refractivity contribution is 7.92. The van der Waals surface area contributed by atoms with Crippen molar-refractivity contribution in [3.63, 3.8) is 0 Å². The third kappa shape index (κ3) is 2.66. The van der Waals surface area contributed by atoms with Gasteiger partial charge in [-0.1, -0.05) is 0 Å². The number of hydrogen-bond donors (Lipinski definition) is 0. The summed E-state index contributed by atoms with van der Waals surface area (Å²) in [4.78, 5) is 12.3. The molecule has 1 aromatic rings. The van der Waals surface area contributed by atoms with E-state index < -0.39 is 37.5 Å². The van der Waals surface area contributed by atoms with Crippen LogP contribution in [0.2, 0.25) is 0 Å². The van der Waals surface area contributed by atoms with Gasteiger partial charge in [0.1, 0.15) is 5.25 Å². The predicted octanol–water partition coefficient (Wildman–Crippen LogP) is 1.22. The lowest BCUT2D eigenvalue weighted by molar-refractivity contribution is -0.127. The van der Waals surface area contributed by atoms with Gasteiger partial charge in [0.05, 0.1) is 4.90 Å². The maximum atomic E-state index is 13.0. The fourth-order valence-electron chi connectivity index (χ4n) is 1.35. The quantitative estimate of drug-likeness (QED) is 0.780.